The van der Waals surface area contributed by atoms with Crippen molar-refractivity contribution in [1.29, 1.82) is 0 Å². The molecule has 0 atom stereocenters. The Kier molecular flexibility index (Phi) is 4.30. The van der Waals surface area contributed by atoms with E-state index in [9.17, 15) is 0 Å². The highest BCUT2D eigenvalue weighted by atomic mass is 14.9. The summed E-state index contributed by atoms with van der Waals surface area (Å²) in [7, 11) is 0. The van der Waals surface area contributed by atoms with E-state index in [1.54, 1.807) is 22.3 Å². The van der Waals surface area contributed by atoms with E-state index in [2.05, 4.69) is 90.3 Å². The number of benzene rings is 3. The van der Waals surface area contributed by atoms with Crippen LogP contribution in [0.2, 0.25) is 0 Å². The van der Waals surface area contributed by atoms with E-state index in [4.69, 9.17) is 0 Å². The van der Waals surface area contributed by atoms with E-state index in [-0.39, 0.29) is 5.41 Å². The number of allylic oxidation sites excluding steroid dienone is 4. The normalized spacial score (nSPS) is 31.7. The van der Waals surface area contributed by atoms with Crippen molar-refractivity contribution in [1.82, 2.24) is 0 Å². The number of anilines is 2. The van der Waals surface area contributed by atoms with Crippen LogP contribution < -0.4 is 5.32 Å². The van der Waals surface area contributed by atoms with Crippen molar-refractivity contribution in [3.8, 4) is 11.1 Å². The maximum absolute atomic E-state index is 3.85. The van der Waals surface area contributed by atoms with E-state index in [1.165, 1.54) is 67.4 Å². The molecule has 0 aliphatic heterocycles. The van der Waals surface area contributed by atoms with Gasteiger partial charge in [-0.3, -0.25) is 0 Å². The minimum atomic E-state index is 0.269. The van der Waals surface area contributed by atoms with Crippen LogP contribution in [0.5, 0.6) is 0 Å². The van der Waals surface area contributed by atoms with Gasteiger partial charge in [0.25, 0.3) is 0 Å². The van der Waals surface area contributed by atoms with Crippen molar-refractivity contribution in [2.45, 2.75) is 50.4 Å². The summed E-state index contributed by atoms with van der Waals surface area (Å²) < 4.78 is 0. The molecule has 174 valence electrons. The highest BCUT2D eigenvalue weighted by Crippen LogP contribution is 2.69. The van der Waals surface area contributed by atoms with Gasteiger partial charge in [-0.25, -0.2) is 0 Å². The standard InChI is InChI=1S/C34H33N/c1-2-8-24(9-3-1)28-10-5-7-13-33(28)35-27-14-15-30-29-11-4-6-12-31(29)34(32(30)21-27)25-17-22-16-23(19-25)20-26(34)18-22/h1-3,5-10,12-15,21-23,25-26,35H,4,11,16-20H2. The highest BCUT2D eigenvalue weighted by Gasteiger charge is 2.61. The van der Waals surface area contributed by atoms with Gasteiger partial charge in [0.2, 0.25) is 0 Å². The van der Waals surface area contributed by atoms with Gasteiger partial charge in [0.1, 0.15) is 0 Å². The zero-order valence-corrected chi connectivity index (χ0v) is 20.3. The van der Waals surface area contributed by atoms with Gasteiger partial charge >= 0.3 is 0 Å². The van der Waals surface area contributed by atoms with E-state index >= 15 is 0 Å². The molecule has 6 aliphatic rings. The summed E-state index contributed by atoms with van der Waals surface area (Å²) in [5.74, 6) is 3.64. The number of nitrogens with one attached hydrogen (secondary N) is 1. The fraction of sp³-hybridized carbons (Fsp3) is 0.353. The molecule has 1 N–H and O–H groups in total. The van der Waals surface area contributed by atoms with E-state index in [0.717, 1.165) is 23.7 Å². The summed E-state index contributed by atoms with van der Waals surface area (Å²) in [5, 5.41) is 3.85. The van der Waals surface area contributed by atoms with Gasteiger partial charge in [0.15, 0.2) is 0 Å². The summed E-state index contributed by atoms with van der Waals surface area (Å²) in [6, 6.07) is 26.8. The minimum Gasteiger partial charge on any atom is -0.355 e. The van der Waals surface area contributed by atoms with Gasteiger partial charge in [-0.1, -0.05) is 66.7 Å². The molecule has 6 aliphatic carbocycles. The molecule has 4 fully saturated rings. The van der Waals surface area contributed by atoms with Crippen LogP contribution in [0.1, 0.15) is 56.1 Å². The Labute approximate surface area is 209 Å². The third kappa shape index (κ3) is 2.82. The average Bonchev–Trinajstić information content (AvgIpc) is 3.18. The predicted octanol–water partition coefficient (Wildman–Crippen LogP) is 8.91. The first-order valence-corrected chi connectivity index (χ1v) is 13.8. The summed E-state index contributed by atoms with van der Waals surface area (Å²) in [4.78, 5) is 0. The lowest BCUT2D eigenvalue weighted by Crippen LogP contribution is -2.55. The second kappa shape index (κ2) is 7.47. The molecule has 9 rings (SSSR count). The minimum absolute atomic E-state index is 0.269. The topological polar surface area (TPSA) is 12.0 Å². The Bertz CT molecular complexity index is 1350. The Morgan fingerprint density at radius 2 is 1.46 bits per heavy atom. The largest absolute Gasteiger partial charge is 0.355 e. The summed E-state index contributed by atoms with van der Waals surface area (Å²) >= 11 is 0. The van der Waals surface area contributed by atoms with E-state index < -0.39 is 0 Å². The van der Waals surface area contributed by atoms with Crippen molar-refractivity contribution >= 4 is 16.9 Å². The van der Waals surface area contributed by atoms with Crippen molar-refractivity contribution < 1.29 is 0 Å². The van der Waals surface area contributed by atoms with Crippen LogP contribution >= 0.6 is 0 Å². The molecule has 35 heavy (non-hydrogen) atoms. The van der Waals surface area contributed by atoms with Crippen molar-refractivity contribution in [3.05, 3.63) is 102 Å². The van der Waals surface area contributed by atoms with Crippen molar-refractivity contribution in [3.63, 3.8) is 0 Å². The maximum Gasteiger partial charge on any atom is 0.0463 e. The molecule has 0 radical (unpaired) electrons. The number of hydrogen-bond acceptors (Lipinski definition) is 1. The van der Waals surface area contributed by atoms with Gasteiger partial charge in [-0.15, -0.1) is 0 Å². The van der Waals surface area contributed by atoms with E-state index in [0.29, 0.717) is 0 Å². The van der Waals surface area contributed by atoms with Crippen LogP contribution in [0, 0.1) is 23.7 Å². The molecule has 1 nitrogen and oxygen atoms in total. The fourth-order valence-corrected chi connectivity index (χ4v) is 9.13. The molecule has 0 amide bonds. The van der Waals surface area contributed by atoms with Gasteiger partial charge < -0.3 is 5.32 Å². The van der Waals surface area contributed by atoms with Crippen LogP contribution in [0.25, 0.3) is 16.7 Å². The molecular formula is C34H33N. The summed E-state index contributed by atoms with van der Waals surface area (Å²) in [5.41, 5.74) is 11.8. The average molecular weight is 456 g/mol. The van der Waals surface area contributed by atoms with Crippen molar-refractivity contribution in [2.24, 2.45) is 23.7 Å². The van der Waals surface area contributed by atoms with Crippen molar-refractivity contribution in [2.75, 3.05) is 5.32 Å². The first-order chi connectivity index (χ1) is 17.3. The molecule has 0 unspecified atom stereocenters. The first-order valence-electron chi connectivity index (χ1n) is 13.8. The third-order valence-corrected chi connectivity index (χ3v) is 10.1. The number of fused-ring (bicyclic) bond motifs is 2. The molecule has 0 aromatic heterocycles. The highest BCUT2D eigenvalue weighted by molar-refractivity contribution is 5.87. The molecule has 3 aromatic rings. The first kappa shape index (κ1) is 20.2. The summed E-state index contributed by atoms with van der Waals surface area (Å²) in [6.07, 6.45) is 14.7. The molecule has 3 aromatic carbocycles. The zero-order valence-electron chi connectivity index (χ0n) is 20.3. The van der Waals surface area contributed by atoms with Crippen LogP contribution in [-0.2, 0) is 5.41 Å². The Balaban J connectivity index is 1.25. The molecule has 1 spiro atoms. The molecular weight excluding hydrogens is 422 g/mol. The smallest absolute Gasteiger partial charge is 0.0463 e. The third-order valence-electron chi connectivity index (χ3n) is 10.1. The van der Waals surface area contributed by atoms with Crippen LogP contribution in [0.4, 0.5) is 11.4 Å². The van der Waals surface area contributed by atoms with Gasteiger partial charge in [0, 0.05) is 22.4 Å². The lowest BCUT2D eigenvalue weighted by Gasteiger charge is -2.61. The SMILES string of the molecule is C1=CC2=C(CC1)c1ccc(Nc3ccccc3-c3ccccc3)cc1C21C2CC3CC(C2)CC1C3. The fourth-order valence-electron chi connectivity index (χ4n) is 9.13. The molecule has 4 saturated carbocycles. The quantitative estimate of drug-likeness (QED) is 0.416. The van der Waals surface area contributed by atoms with E-state index in [1.807, 2.05) is 0 Å². The second-order valence-corrected chi connectivity index (χ2v) is 11.8. The molecule has 0 heterocycles. The Morgan fingerprint density at radius 3 is 2.26 bits per heavy atom. The Morgan fingerprint density at radius 1 is 0.714 bits per heavy atom. The van der Waals surface area contributed by atoms with Crippen LogP contribution in [-0.4, -0.2) is 0 Å². The Hall–Kier alpha value is -3.06. The van der Waals surface area contributed by atoms with Gasteiger partial charge in [-0.05, 0) is 115 Å². The van der Waals surface area contributed by atoms with Gasteiger partial charge in [-0.2, -0.15) is 0 Å². The molecule has 4 bridgehead atoms. The number of rotatable bonds is 3. The second-order valence-electron chi connectivity index (χ2n) is 11.8. The van der Waals surface area contributed by atoms with Gasteiger partial charge in [0.05, 0.1) is 0 Å². The number of hydrogen-bond donors (Lipinski definition) is 1. The number of para-hydroxylation sites is 1. The molecule has 1 heteroatoms. The van der Waals surface area contributed by atoms with Crippen LogP contribution in [0.3, 0.4) is 0 Å². The lowest BCUT2D eigenvalue weighted by atomic mass is 9.42. The lowest BCUT2D eigenvalue weighted by molar-refractivity contribution is -0.0407. The summed E-state index contributed by atoms with van der Waals surface area (Å²) in [6.45, 7) is 0. The predicted molar refractivity (Wildman–Crippen MR) is 146 cm³/mol. The zero-order chi connectivity index (χ0) is 23.0. The maximum atomic E-state index is 3.85. The van der Waals surface area contributed by atoms with Crippen LogP contribution in [0.15, 0.2) is 90.5 Å². The molecule has 0 saturated heterocycles. The monoisotopic (exact) mass is 455 g/mol.